The van der Waals surface area contributed by atoms with Crippen LogP contribution in [-0.4, -0.2) is 22.7 Å². The molecule has 0 saturated heterocycles. The van der Waals surface area contributed by atoms with E-state index < -0.39 is 0 Å². The van der Waals surface area contributed by atoms with E-state index in [0.29, 0.717) is 0 Å². The predicted molar refractivity (Wildman–Crippen MR) is 59.7 cm³/mol. The van der Waals surface area contributed by atoms with Crippen LogP contribution in [0, 0.1) is 0 Å². The number of aromatic nitrogens is 1. The molecular weight excluding hydrogens is 188 g/mol. The Morgan fingerprint density at radius 3 is 3.07 bits per heavy atom. The van der Waals surface area contributed by atoms with Crippen LogP contribution in [0.3, 0.4) is 0 Å². The fraction of sp³-hybridized carbons (Fsp3) is 0.333. The largest absolute Gasteiger partial charge is 0.395 e. The topological polar surface area (TPSA) is 48.0 Å². The van der Waals surface area contributed by atoms with Crippen LogP contribution in [0.25, 0.3) is 10.9 Å². The minimum absolute atomic E-state index is 0.205. The molecule has 0 fully saturated rings. The number of para-hydroxylation sites is 1. The molecule has 0 amide bonds. The molecule has 3 heteroatoms. The molecule has 0 spiro atoms. The Morgan fingerprint density at radius 1 is 1.33 bits per heavy atom. The third kappa shape index (κ3) is 1.35. The van der Waals surface area contributed by atoms with Crippen LogP contribution in [-0.2, 0) is 13.0 Å². The molecule has 3 rings (SSSR count). The number of hydrogen-bond acceptors (Lipinski definition) is 2. The zero-order valence-corrected chi connectivity index (χ0v) is 8.46. The van der Waals surface area contributed by atoms with E-state index in [2.05, 4.69) is 28.5 Å². The van der Waals surface area contributed by atoms with Gasteiger partial charge in [-0.25, -0.2) is 0 Å². The van der Waals surface area contributed by atoms with E-state index in [1.807, 2.05) is 6.07 Å². The molecule has 2 aromatic rings. The van der Waals surface area contributed by atoms with Crippen molar-refractivity contribution >= 4 is 10.9 Å². The molecule has 1 unspecified atom stereocenters. The Morgan fingerprint density at radius 2 is 2.20 bits per heavy atom. The number of aromatic amines is 1. The molecule has 0 saturated carbocycles. The predicted octanol–water partition coefficient (Wildman–Crippen LogP) is 1.17. The second-order valence-corrected chi connectivity index (χ2v) is 4.09. The first-order valence-electron chi connectivity index (χ1n) is 5.31. The van der Waals surface area contributed by atoms with Gasteiger partial charge in [0.15, 0.2) is 0 Å². The van der Waals surface area contributed by atoms with E-state index in [0.717, 1.165) is 13.0 Å². The molecule has 1 aliphatic rings. The van der Waals surface area contributed by atoms with Gasteiger partial charge in [0.1, 0.15) is 0 Å². The van der Waals surface area contributed by atoms with Crippen LogP contribution in [0.5, 0.6) is 0 Å². The molecule has 0 bridgehead atoms. The van der Waals surface area contributed by atoms with E-state index in [1.54, 1.807) is 0 Å². The number of rotatable bonds is 1. The summed E-state index contributed by atoms with van der Waals surface area (Å²) in [6, 6.07) is 8.55. The van der Waals surface area contributed by atoms with Crippen LogP contribution < -0.4 is 5.32 Å². The van der Waals surface area contributed by atoms with Gasteiger partial charge in [-0.05, 0) is 18.1 Å². The van der Waals surface area contributed by atoms with Gasteiger partial charge < -0.3 is 15.4 Å². The first-order valence-corrected chi connectivity index (χ1v) is 5.31. The number of H-pyrrole nitrogens is 1. The average Bonchev–Trinajstić information content (AvgIpc) is 2.66. The van der Waals surface area contributed by atoms with E-state index >= 15 is 0 Å². The van der Waals surface area contributed by atoms with Crippen LogP contribution in [0.1, 0.15) is 11.3 Å². The van der Waals surface area contributed by atoms with Crippen molar-refractivity contribution in [2.45, 2.75) is 19.0 Å². The maximum absolute atomic E-state index is 9.15. The standard InChI is InChI=1S/C12H14N2O/c15-7-8-5-10-9-3-1-2-4-11(9)14-12(10)6-13-8/h1-4,8,13-15H,5-7H2. The quantitative estimate of drug-likeness (QED) is 0.650. The Kier molecular flexibility index (Phi) is 2.01. The van der Waals surface area contributed by atoms with E-state index in [4.69, 9.17) is 5.11 Å². The Hall–Kier alpha value is -1.32. The monoisotopic (exact) mass is 202 g/mol. The highest BCUT2D eigenvalue weighted by Gasteiger charge is 2.20. The molecule has 2 heterocycles. The maximum Gasteiger partial charge on any atom is 0.0588 e. The van der Waals surface area contributed by atoms with Crippen molar-refractivity contribution in [2.24, 2.45) is 0 Å². The Balaban J connectivity index is 2.14. The molecule has 3 N–H and O–H groups in total. The highest BCUT2D eigenvalue weighted by Crippen LogP contribution is 2.26. The minimum atomic E-state index is 0.205. The number of fused-ring (bicyclic) bond motifs is 3. The normalized spacial score (nSPS) is 20.5. The summed E-state index contributed by atoms with van der Waals surface area (Å²) in [5, 5.41) is 13.8. The summed E-state index contributed by atoms with van der Waals surface area (Å²) >= 11 is 0. The van der Waals surface area contributed by atoms with E-state index in [9.17, 15) is 0 Å². The molecule has 1 aliphatic heterocycles. The van der Waals surface area contributed by atoms with Crippen LogP contribution >= 0.6 is 0 Å². The molecule has 78 valence electrons. The lowest BCUT2D eigenvalue weighted by molar-refractivity contribution is 0.235. The number of hydrogen-bond donors (Lipinski definition) is 3. The van der Waals surface area contributed by atoms with Gasteiger partial charge >= 0.3 is 0 Å². The smallest absolute Gasteiger partial charge is 0.0588 e. The van der Waals surface area contributed by atoms with Gasteiger partial charge in [-0.1, -0.05) is 18.2 Å². The van der Waals surface area contributed by atoms with E-state index in [1.165, 1.54) is 22.2 Å². The lowest BCUT2D eigenvalue weighted by Gasteiger charge is -2.22. The summed E-state index contributed by atoms with van der Waals surface area (Å²) in [7, 11) is 0. The first kappa shape index (κ1) is 8.95. The van der Waals surface area contributed by atoms with Crippen molar-refractivity contribution in [2.75, 3.05) is 6.61 Å². The Bertz CT molecular complexity index is 489. The van der Waals surface area contributed by atoms with Gasteiger partial charge in [-0.2, -0.15) is 0 Å². The van der Waals surface area contributed by atoms with Crippen LogP contribution in [0.2, 0.25) is 0 Å². The van der Waals surface area contributed by atoms with Crippen molar-refractivity contribution in [1.82, 2.24) is 10.3 Å². The number of aliphatic hydroxyl groups is 1. The van der Waals surface area contributed by atoms with Gasteiger partial charge in [-0.3, -0.25) is 0 Å². The molecule has 1 atom stereocenters. The second-order valence-electron chi connectivity index (χ2n) is 4.09. The summed E-state index contributed by atoms with van der Waals surface area (Å²) in [5.41, 5.74) is 3.83. The van der Waals surface area contributed by atoms with Crippen molar-refractivity contribution in [3.63, 3.8) is 0 Å². The van der Waals surface area contributed by atoms with Crippen molar-refractivity contribution in [3.05, 3.63) is 35.5 Å². The summed E-state index contributed by atoms with van der Waals surface area (Å²) in [4.78, 5) is 3.42. The molecular formula is C12H14N2O. The number of aliphatic hydroxyl groups excluding tert-OH is 1. The van der Waals surface area contributed by atoms with Gasteiger partial charge in [0.05, 0.1) is 6.61 Å². The molecule has 1 aromatic heterocycles. The Labute approximate surface area is 88.1 Å². The first-order chi connectivity index (χ1) is 7.38. The molecule has 15 heavy (non-hydrogen) atoms. The SMILES string of the molecule is OCC1Cc2c([nH]c3ccccc23)CN1. The summed E-state index contributed by atoms with van der Waals surface area (Å²) < 4.78 is 0. The van der Waals surface area contributed by atoms with Gasteiger partial charge in [-0.15, -0.1) is 0 Å². The summed E-state index contributed by atoms with van der Waals surface area (Å²) in [6.45, 7) is 1.04. The lowest BCUT2D eigenvalue weighted by atomic mass is 9.99. The van der Waals surface area contributed by atoms with Crippen molar-refractivity contribution in [1.29, 1.82) is 0 Å². The number of benzene rings is 1. The highest BCUT2D eigenvalue weighted by molar-refractivity contribution is 5.84. The summed E-state index contributed by atoms with van der Waals surface area (Å²) in [5.74, 6) is 0. The van der Waals surface area contributed by atoms with Crippen molar-refractivity contribution in [3.8, 4) is 0 Å². The van der Waals surface area contributed by atoms with Gasteiger partial charge in [0.2, 0.25) is 0 Å². The third-order valence-corrected chi connectivity index (χ3v) is 3.14. The fourth-order valence-corrected chi connectivity index (χ4v) is 2.33. The molecule has 3 nitrogen and oxygen atoms in total. The second kappa shape index (κ2) is 3.36. The average molecular weight is 202 g/mol. The maximum atomic E-state index is 9.15. The van der Waals surface area contributed by atoms with Crippen LogP contribution in [0.15, 0.2) is 24.3 Å². The fourth-order valence-electron chi connectivity index (χ4n) is 2.33. The van der Waals surface area contributed by atoms with Crippen molar-refractivity contribution < 1.29 is 5.11 Å². The highest BCUT2D eigenvalue weighted by atomic mass is 16.3. The molecule has 0 aliphatic carbocycles. The molecule has 0 radical (unpaired) electrons. The third-order valence-electron chi connectivity index (χ3n) is 3.14. The minimum Gasteiger partial charge on any atom is -0.395 e. The van der Waals surface area contributed by atoms with Gasteiger partial charge in [0, 0.05) is 29.2 Å². The van der Waals surface area contributed by atoms with Gasteiger partial charge in [0.25, 0.3) is 0 Å². The number of nitrogens with one attached hydrogen (secondary N) is 2. The lowest BCUT2D eigenvalue weighted by Crippen LogP contribution is -2.37. The van der Waals surface area contributed by atoms with E-state index in [-0.39, 0.29) is 12.6 Å². The molecule has 1 aromatic carbocycles. The summed E-state index contributed by atoms with van der Waals surface area (Å²) in [6.07, 6.45) is 0.913. The zero-order valence-electron chi connectivity index (χ0n) is 8.46. The van der Waals surface area contributed by atoms with Crippen LogP contribution in [0.4, 0.5) is 0 Å². The zero-order chi connectivity index (χ0) is 10.3.